The number of hydrogen-bond acceptors (Lipinski definition) is 8. The van der Waals surface area contributed by atoms with Crippen LogP contribution in [0.4, 0.5) is 4.79 Å². The number of nitrogens with zero attached hydrogens (tertiary/aromatic N) is 1. The first-order chi connectivity index (χ1) is 20.5. The Bertz CT molecular complexity index is 1340. The number of aliphatic hydroxyl groups excluding tert-OH is 1. The van der Waals surface area contributed by atoms with E-state index in [1.807, 2.05) is 44.2 Å². The number of rotatable bonds is 12. The van der Waals surface area contributed by atoms with Gasteiger partial charge in [0.05, 0.1) is 37.4 Å². The van der Waals surface area contributed by atoms with E-state index in [4.69, 9.17) is 18.9 Å². The SMILES string of the molecule is COc1ccc(S(=O)(=O)N(CC(C)C)C[C@@H](O)[C@H](Cc2ccccc2)NC(=O)O[C@H]2CC3CO[C@H]4OCCC2C34C)cc1. The van der Waals surface area contributed by atoms with Gasteiger partial charge in [0.2, 0.25) is 10.0 Å². The summed E-state index contributed by atoms with van der Waals surface area (Å²) in [4.78, 5) is 13.5. The van der Waals surface area contributed by atoms with Crippen molar-refractivity contribution in [2.75, 3.05) is 33.4 Å². The van der Waals surface area contributed by atoms with Crippen molar-refractivity contribution in [3.05, 3.63) is 60.2 Å². The Labute approximate surface area is 254 Å². The van der Waals surface area contributed by atoms with Crippen LogP contribution in [0.3, 0.4) is 0 Å². The number of carbonyl (C=O) groups is 1. The van der Waals surface area contributed by atoms with Gasteiger partial charge in [-0.25, -0.2) is 13.2 Å². The van der Waals surface area contributed by atoms with Crippen LogP contribution in [0.15, 0.2) is 59.5 Å². The van der Waals surface area contributed by atoms with E-state index in [1.54, 1.807) is 12.1 Å². The molecule has 2 aromatic rings. The minimum absolute atomic E-state index is 0.00109. The molecule has 1 aliphatic carbocycles. The lowest BCUT2D eigenvalue weighted by Crippen LogP contribution is -2.52. The highest BCUT2D eigenvalue weighted by atomic mass is 32.2. The first-order valence-corrected chi connectivity index (χ1v) is 16.5. The maximum atomic E-state index is 13.7. The van der Waals surface area contributed by atoms with Gasteiger partial charge in [-0.2, -0.15) is 4.31 Å². The van der Waals surface area contributed by atoms with E-state index < -0.39 is 28.3 Å². The molecule has 2 aromatic carbocycles. The second kappa shape index (κ2) is 13.1. The quantitative estimate of drug-likeness (QED) is 0.369. The minimum atomic E-state index is -3.94. The number of sulfonamides is 1. The van der Waals surface area contributed by atoms with E-state index in [9.17, 15) is 18.3 Å². The first-order valence-electron chi connectivity index (χ1n) is 15.1. The zero-order valence-electron chi connectivity index (χ0n) is 25.3. The number of hydrogen-bond donors (Lipinski definition) is 2. The highest BCUT2D eigenvalue weighted by molar-refractivity contribution is 7.89. The molecule has 0 aromatic heterocycles. The summed E-state index contributed by atoms with van der Waals surface area (Å²) in [6.45, 7) is 7.14. The van der Waals surface area contributed by atoms with E-state index in [1.165, 1.54) is 23.5 Å². The molecule has 1 saturated carbocycles. The molecule has 3 unspecified atom stereocenters. The van der Waals surface area contributed by atoms with E-state index in [2.05, 4.69) is 12.2 Å². The molecule has 0 bridgehead atoms. The van der Waals surface area contributed by atoms with Crippen LogP contribution < -0.4 is 10.1 Å². The lowest BCUT2D eigenvalue weighted by molar-refractivity contribution is -0.206. The number of nitrogens with one attached hydrogen (secondary N) is 1. The molecule has 2 heterocycles. The van der Waals surface area contributed by atoms with Gasteiger partial charge >= 0.3 is 6.09 Å². The van der Waals surface area contributed by atoms with Gasteiger partial charge in [0, 0.05) is 24.4 Å². The van der Waals surface area contributed by atoms with Crippen LogP contribution >= 0.6 is 0 Å². The third kappa shape index (κ3) is 6.71. The molecule has 43 heavy (non-hydrogen) atoms. The van der Waals surface area contributed by atoms with E-state index in [0.717, 1.165) is 12.0 Å². The molecule has 0 spiro atoms. The van der Waals surface area contributed by atoms with Crippen LogP contribution in [0.2, 0.25) is 0 Å². The summed E-state index contributed by atoms with van der Waals surface area (Å²) in [5.74, 6) is 0.919. The Kier molecular flexibility index (Phi) is 9.67. The number of carbonyl (C=O) groups excluding carboxylic acids is 1. The summed E-state index contributed by atoms with van der Waals surface area (Å²) in [7, 11) is -2.43. The Morgan fingerprint density at radius 1 is 1.12 bits per heavy atom. The van der Waals surface area contributed by atoms with Crippen LogP contribution in [0.5, 0.6) is 5.75 Å². The van der Waals surface area contributed by atoms with E-state index in [-0.39, 0.29) is 53.5 Å². The monoisotopic (exact) mass is 616 g/mol. The third-order valence-electron chi connectivity index (χ3n) is 9.28. The summed E-state index contributed by atoms with van der Waals surface area (Å²) < 4.78 is 51.6. The van der Waals surface area contributed by atoms with Gasteiger partial charge in [0.25, 0.3) is 0 Å². The summed E-state index contributed by atoms with van der Waals surface area (Å²) in [5.41, 5.74) is 0.701. The highest BCUT2D eigenvalue weighted by Gasteiger charge is 2.63. The number of ether oxygens (including phenoxy) is 4. The maximum absolute atomic E-state index is 13.7. The molecule has 2 aliphatic heterocycles. The Balaban J connectivity index is 1.32. The van der Waals surface area contributed by atoms with Crippen LogP contribution in [-0.4, -0.2) is 81.9 Å². The van der Waals surface area contributed by atoms with Gasteiger partial charge < -0.3 is 29.4 Å². The largest absolute Gasteiger partial charge is 0.497 e. The summed E-state index contributed by atoms with van der Waals surface area (Å²) in [6.07, 6.45) is -0.607. The van der Waals surface area contributed by atoms with Crippen molar-refractivity contribution in [1.82, 2.24) is 9.62 Å². The van der Waals surface area contributed by atoms with Crippen molar-refractivity contribution in [3.63, 3.8) is 0 Å². The van der Waals surface area contributed by atoms with Crippen LogP contribution in [0.25, 0.3) is 0 Å². The van der Waals surface area contributed by atoms with E-state index >= 15 is 0 Å². The smallest absolute Gasteiger partial charge is 0.407 e. The zero-order valence-corrected chi connectivity index (χ0v) is 26.2. The van der Waals surface area contributed by atoms with Gasteiger partial charge in [-0.05, 0) is 60.9 Å². The fourth-order valence-electron chi connectivity index (χ4n) is 6.94. The average Bonchev–Trinajstić information content (AvgIpc) is 3.46. The summed E-state index contributed by atoms with van der Waals surface area (Å²) >= 11 is 0. The molecule has 7 atom stereocenters. The lowest BCUT2D eigenvalue weighted by atomic mass is 9.72. The molecule has 2 saturated heterocycles. The van der Waals surface area contributed by atoms with Crippen molar-refractivity contribution in [3.8, 4) is 5.75 Å². The average molecular weight is 617 g/mol. The van der Waals surface area contributed by atoms with Crippen molar-refractivity contribution >= 4 is 16.1 Å². The maximum Gasteiger partial charge on any atom is 0.407 e. The Morgan fingerprint density at radius 3 is 2.51 bits per heavy atom. The molecule has 11 heteroatoms. The predicted molar refractivity (Wildman–Crippen MR) is 160 cm³/mol. The highest BCUT2D eigenvalue weighted by Crippen LogP contribution is 2.59. The van der Waals surface area contributed by atoms with Crippen molar-refractivity contribution in [2.24, 2.45) is 23.2 Å². The number of aliphatic hydroxyl groups is 1. The standard InChI is InChI=1S/C32H44N2O8S/c1-21(2)18-34(43(37,38)25-12-10-24(39-4)11-13-25)19-28(35)27(16-22-8-6-5-7-9-22)33-31(36)42-29-17-23-20-41-30-32(23,3)26(29)14-15-40-30/h5-13,21,23,26-30,35H,14-20H2,1-4H3,(H,33,36)/t23?,26?,27-,28+,29-,30+,32?/m0/s1. The van der Waals surface area contributed by atoms with Crippen molar-refractivity contribution in [2.45, 2.75) is 69.5 Å². The van der Waals surface area contributed by atoms with Gasteiger partial charge in [0.1, 0.15) is 11.9 Å². The van der Waals surface area contributed by atoms with Gasteiger partial charge in [-0.15, -0.1) is 0 Å². The third-order valence-corrected chi connectivity index (χ3v) is 11.1. The molecular weight excluding hydrogens is 572 g/mol. The number of amides is 1. The molecular formula is C32H44N2O8S. The number of alkyl carbamates (subject to hydrolysis) is 1. The topological polar surface area (TPSA) is 124 Å². The van der Waals surface area contributed by atoms with Crippen LogP contribution in [-0.2, 0) is 30.7 Å². The molecule has 1 amide bonds. The van der Waals surface area contributed by atoms with Crippen molar-refractivity contribution in [1.29, 1.82) is 0 Å². The Morgan fingerprint density at radius 2 is 1.84 bits per heavy atom. The van der Waals surface area contributed by atoms with E-state index in [0.29, 0.717) is 31.8 Å². The number of methoxy groups -OCH3 is 1. The molecule has 3 aliphatic rings. The van der Waals surface area contributed by atoms with Crippen molar-refractivity contribution < 1.29 is 37.3 Å². The molecule has 10 nitrogen and oxygen atoms in total. The second-order valence-corrected chi connectivity index (χ2v) is 14.5. The molecule has 2 N–H and O–H groups in total. The summed E-state index contributed by atoms with van der Waals surface area (Å²) in [5, 5.41) is 14.4. The molecule has 5 rings (SSSR count). The molecule has 236 valence electrons. The van der Waals surface area contributed by atoms with Gasteiger partial charge in [-0.1, -0.05) is 51.1 Å². The predicted octanol–water partition coefficient (Wildman–Crippen LogP) is 3.83. The fraction of sp³-hybridized carbons (Fsp3) is 0.594. The zero-order chi connectivity index (χ0) is 30.8. The van der Waals surface area contributed by atoms with Crippen LogP contribution in [0, 0.1) is 23.2 Å². The normalized spacial score (nSPS) is 28.0. The number of benzene rings is 2. The van der Waals surface area contributed by atoms with Gasteiger partial charge in [0.15, 0.2) is 6.29 Å². The Hall–Kier alpha value is -2.70. The molecule has 3 fully saturated rings. The molecule has 0 radical (unpaired) electrons. The first kappa shape index (κ1) is 31.7. The van der Waals surface area contributed by atoms with Gasteiger partial charge in [-0.3, -0.25) is 0 Å². The second-order valence-electron chi connectivity index (χ2n) is 12.6. The lowest BCUT2D eigenvalue weighted by Gasteiger charge is -2.41. The minimum Gasteiger partial charge on any atom is -0.497 e. The fourth-order valence-corrected chi connectivity index (χ4v) is 8.56. The summed E-state index contributed by atoms with van der Waals surface area (Å²) in [6, 6.07) is 14.9. The van der Waals surface area contributed by atoms with Crippen LogP contribution in [0.1, 0.15) is 39.2 Å².